The maximum absolute atomic E-state index is 12.2. The predicted octanol–water partition coefficient (Wildman–Crippen LogP) is 2.56. The maximum Gasteiger partial charge on any atom is 0.223 e. The highest BCUT2D eigenvalue weighted by Crippen LogP contribution is 2.32. The minimum absolute atomic E-state index is 0. The molecule has 29 heavy (non-hydrogen) atoms. The molecule has 1 saturated carbocycles. The van der Waals surface area contributed by atoms with Crippen LogP contribution < -0.4 is 10.6 Å². The Bertz CT molecular complexity index is 657. The van der Waals surface area contributed by atoms with Crippen LogP contribution in [0.3, 0.4) is 0 Å². The first-order chi connectivity index (χ1) is 13.8. The molecule has 2 atom stereocenters. The second-order valence-electron chi connectivity index (χ2n) is 8.16. The van der Waals surface area contributed by atoms with E-state index in [1.165, 1.54) is 19.3 Å². The average Bonchev–Trinajstić information content (AvgIpc) is 3.29. The highest BCUT2D eigenvalue weighted by Gasteiger charge is 2.39. The van der Waals surface area contributed by atoms with Crippen molar-refractivity contribution in [3.63, 3.8) is 0 Å². The van der Waals surface area contributed by atoms with Crippen LogP contribution in [-0.2, 0) is 16.0 Å². The lowest BCUT2D eigenvalue weighted by Gasteiger charge is -2.24. The summed E-state index contributed by atoms with van der Waals surface area (Å²) in [6.45, 7) is 3.91. The van der Waals surface area contributed by atoms with Gasteiger partial charge in [0.05, 0.1) is 12.4 Å². The van der Waals surface area contributed by atoms with Crippen molar-refractivity contribution in [2.45, 2.75) is 57.1 Å². The Kier molecular flexibility index (Phi) is 8.65. The number of carbonyl (C=O) groups is 1. The van der Waals surface area contributed by atoms with Gasteiger partial charge in [-0.3, -0.25) is 9.79 Å². The summed E-state index contributed by atoms with van der Waals surface area (Å²) < 4.78 is 11.2. The van der Waals surface area contributed by atoms with E-state index in [1.54, 1.807) is 6.26 Å². The van der Waals surface area contributed by atoms with Crippen LogP contribution in [0.5, 0.6) is 0 Å². The van der Waals surface area contributed by atoms with Crippen LogP contribution in [0.25, 0.3) is 0 Å². The third kappa shape index (κ3) is 6.87. The normalized spacial score (nSPS) is 25.0. The monoisotopic (exact) mass is 516 g/mol. The Hall–Kier alpha value is -1.29. The summed E-state index contributed by atoms with van der Waals surface area (Å²) in [7, 11) is 0. The summed E-state index contributed by atoms with van der Waals surface area (Å²) >= 11 is 0. The molecule has 3 heterocycles. The highest BCUT2D eigenvalue weighted by atomic mass is 127. The molecule has 1 aromatic heterocycles. The molecule has 1 amide bonds. The zero-order chi connectivity index (χ0) is 19.2. The van der Waals surface area contributed by atoms with Gasteiger partial charge in [-0.1, -0.05) is 0 Å². The minimum atomic E-state index is 0. The number of carbonyl (C=O) groups excluding carboxylic acids is 1. The van der Waals surface area contributed by atoms with E-state index in [2.05, 4.69) is 15.5 Å². The summed E-state index contributed by atoms with van der Waals surface area (Å²) in [6.07, 6.45) is 9.22. The summed E-state index contributed by atoms with van der Waals surface area (Å²) in [4.78, 5) is 19.0. The second-order valence-corrected chi connectivity index (χ2v) is 8.16. The van der Waals surface area contributed by atoms with Crippen LogP contribution >= 0.6 is 24.0 Å². The van der Waals surface area contributed by atoms with Gasteiger partial charge in [-0.2, -0.15) is 0 Å². The topological polar surface area (TPSA) is 79.1 Å². The number of ether oxygens (including phenoxy) is 1. The average molecular weight is 516 g/mol. The fraction of sp³-hybridized carbons (Fsp3) is 0.714. The smallest absolute Gasteiger partial charge is 0.223 e. The van der Waals surface area contributed by atoms with Gasteiger partial charge in [0.2, 0.25) is 5.91 Å². The number of guanidine groups is 1. The Morgan fingerprint density at radius 1 is 1.24 bits per heavy atom. The third-order valence-electron chi connectivity index (χ3n) is 5.75. The van der Waals surface area contributed by atoms with E-state index >= 15 is 0 Å². The molecule has 2 N–H and O–H groups in total. The molecule has 3 fully saturated rings. The van der Waals surface area contributed by atoms with Crippen LogP contribution in [0.2, 0.25) is 0 Å². The summed E-state index contributed by atoms with van der Waals surface area (Å²) in [5.74, 6) is 2.39. The van der Waals surface area contributed by atoms with Crippen LogP contribution in [0, 0.1) is 5.92 Å². The van der Waals surface area contributed by atoms with E-state index in [9.17, 15) is 4.79 Å². The lowest BCUT2D eigenvalue weighted by Crippen LogP contribution is -2.43. The van der Waals surface area contributed by atoms with Crippen LogP contribution in [-0.4, -0.2) is 61.7 Å². The number of hydrogen-bond acceptors (Lipinski definition) is 4. The Balaban J connectivity index is 0.00000240. The van der Waals surface area contributed by atoms with Gasteiger partial charge in [0.1, 0.15) is 5.76 Å². The van der Waals surface area contributed by atoms with Crippen molar-refractivity contribution < 1.29 is 13.9 Å². The molecule has 2 aliphatic heterocycles. The molecule has 2 unspecified atom stereocenters. The van der Waals surface area contributed by atoms with E-state index in [4.69, 9.17) is 14.1 Å². The van der Waals surface area contributed by atoms with Gasteiger partial charge >= 0.3 is 0 Å². The van der Waals surface area contributed by atoms with E-state index in [0.29, 0.717) is 30.8 Å². The molecular weight excluding hydrogens is 483 g/mol. The molecular formula is C21H33IN4O3. The second kappa shape index (κ2) is 11.2. The minimum Gasteiger partial charge on any atom is -0.469 e. The zero-order valence-electron chi connectivity index (χ0n) is 17.0. The molecule has 0 spiro atoms. The van der Waals surface area contributed by atoms with Gasteiger partial charge in [0.15, 0.2) is 5.96 Å². The summed E-state index contributed by atoms with van der Waals surface area (Å²) in [6, 6.07) is 4.40. The summed E-state index contributed by atoms with van der Waals surface area (Å²) in [5, 5.41) is 6.84. The molecule has 162 valence electrons. The molecule has 1 aromatic rings. The number of hydrogen-bond donors (Lipinski definition) is 2. The number of aliphatic imine (C=N–C) groups is 1. The fourth-order valence-corrected chi connectivity index (χ4v) is 4.00. The third-order valence-corrected chi connectivity index (χ3v) is 5.75. The molecule has 7 nitrogen and oxygen atoms in total. The first-order valence-corrected chi connectivity index (χ1v) is 10.7. The number of amides is 1. The van der Waals surface area contributed by atoms with Crippen molar-refractivity contribution >= 4 is 35.8 Å². The van der Waals surface area contributed by atoms with Crippen LogP contribution in [0.15, 0.2) is 27.8 Å². The number of nitrogens with one attached hydrogen (secondary N) is 2. The van der Waals surface area contributed by atoms with E-state index in [0.717, 1.165) is 57.2 Å². The fourth-order valence-electron chi connectivity index (χ4n) is 4.00. The first-order valence-electron chi connectivity index (χ1n) is 10.7. The molecule has 8 heteroatoms. The van der Waals surface area contributed by atoms with Gasteiger partial charge in [-0.15, -0.1) is 24.0 Å². The predicted molar refractivity (Wildman–Crippen MR) is 123 cm³/mol. The Labute approximate surface area is 190 Å². The number of likely N-dealkylation sites (tertiary alicyclic amines) is 1. The zero-order valence-corrected chi connectivity index (χ0v) is 19.3. The van der Waals surface area contributed by atoms with Crippen molar-refractivity contribution in [3.05, 3.63) is 24.2 Å². The van der Waals surface area contributed by atoms with E-state index in [-0.39, 0.29) is 30.1 Å². The molecule has 3 aliphatic rings. The molecule has 2 saturated heterocycles. The standard InChI is InChI=1S/C21H32N4O3.HI/c26-20-12-16(15-25(20)17-6-7-17)13-23-21(22-9-8-18-5-3-11-27-18)24-14-19-4-1-2-10-28-19;/h3,5,11,16-17,19H,1-2,4,6-10,12-15H2,(H2,22,23,24);1H. The van der Waals surface area contributed by atoms with Gasteiger partial charge in [0.25, 0.3) is 0 Å². The SMILES string of the molecule is I.O=C1CC(CN=C(NCCc2ccco2)NCC2CCCCO2)CN1C1CC1. The number of furan rings is 1. The largest absolute Gasteiger partial charge is 0.469 e. The molecule has 0 aromatic carbocycles. The van der Waals surface area contributed by atoms with Crippen LogP contribution in [0.1, 0.15) is 44.3 Å². The van der Waals surface area contributed by atoms with E-state index in [1.807, 2.05) is 12.1 Å². The Morgan fingerprint density at radius 2 is 2.14 bits per heavy atom. The molecule has 1 aliphatic carbocycles. The number of rotatable bonds is 8. The number of halogens is 1. The van der Waals surface area contributed by atoms with Gasteiger partial charge in [-0.05, 0) is 44.2 Å². The van der Waals surface area contributed by atoms with Crippen molar-refractivity contribution in [2.75, 3.05) is 32.8 Å². The van der Waals surface area contributed by atoms with Gasteiger partial charge in [-0.25, -0.2) is 0 Å². The van der Waals surface area contributed by atoms with Gasteiger partial charge < -0.3 is 24.7 Å². The Morgan fingerprint density at radius 3 is 2.86 bits per heavy atom. The molecule has 0 radical (unpaired) electrons. The van der Waals surface area contributed by atoms with Crippen molar-refractivity contribution in [1.29, 1.82) is 0 Å². The maximum atomic E-state index is 12.2. The quantitative estimate of drug-likeness (QED) is 0.316. The van der Waals surface area contributed by atoms with Crippen molar-refractivity contribution in [1.82, 2.24) is 15.5 Å². The summed E-state index contributed by atoms with van der Waals surface area (Å²) in [5.41, 5.74) is 0. The van der Waals surface area contributed by atoms with Crippen molar-refractivity contribution in [2.24, 2.45) is 10.9 Å². The molecule has 0 bridgehead atoms. The van der Waals surface area contributed by atoms with Crippen LogP contribution in [0.4, 0.5) is 0 Å². The van der Waals surface area contributed by atoms with Crippen molar-refractivity contribution in [3.8, 4) is 0 Å². The lowest BCUT2D eigenvalue weighted by molar-refractivity contribution is -0.128. The van der Waals surface area contributed by atoms with E-state index < -0.39 is 0 Å². The number of nitrogens with zero attached hydrogens (tertiary/aromatic N) is 2. The first kappa shape index (κ1) is 22.4. The lowest BCUT2D eigenvalue weighted by atomic mass is 10.1. The highest BCUT2D eigenvalue weighted by molar-refractivity contribution is 14.0. The molecule has 4 rings (SSSR count). The van der Waals surface area contributed by atoms with Gasteiger partial charge in [0, 0.05) is 57.6 Å².